The van der Waals surface area contributed by atoms with Crippen molar-refractivity contribution in [1.82, 2.24) is 15.1 Å². The largest absolute Gasteiger partial charge is 0.452 e. The van der Waals surface area contributed by atoms with E-state index in [9.17, 15) is 14.4 Å². The Balaban J connectivity index is 1.19. The molecule has 0 radical (unpaired) electrons. The van der Waals surface area contributed by atoms with E-state index in [0.717, 1.165) is 0 Å². The van der Waals surface area contributed by atoms with Gasteiger partial charge in [-0.25, -0.2) is 4.79 Å². The van der Waals surface area contributed by atoms with Gasteiger partial charge >= 0.3 is 5.97 Å². The molecule has 0 N–H and O–H groups in total. The van der Waals surface area contributed by atoms with Crippen LogP contribution in [0.15, 0.2) is 77.2 Å². The van der Waals surface area contributed by atoms with Crippen LogP contribution < -0.4 is 0 Å². The van der Waals surface area contributed by atoms with E-state index in [-0.39, 0.29) is 30.9 Å². The molecule has 2 amide bonds. The Morgan fingerprint density at radius 2 is 1.53 bits per heavy atom. The maximum absolute atomic E-state index is 12.5. The second kappa shape index (κ2) is 8.92. The summed E-state index contributed by atoms with van der Waals surface area (Å²) in [7, 11) is 0. The highest BCUT2D eigenvalue weighted by molar-refractivity contribution is 6.30. The zero-order chi connectivity index (χ0) is 23.7. The molecule has 0 bridgehead atoms. The minimum atomic E-state index is -0.571. The molecule has 0 atom stereocenters. The average Bonchev–Trinajstić information content (AvgIpc) is 3.43. The predicted molar refractivity (Wildman–Crippen MR) is 121 cm³/mol. The van der Waals surface area contributed by atoms with Gasteiger partial charge < -0.3 is 9.15 Å². The standard InChI is InChI=1S/C25H16ClN3O5/c26-18-11-9-16(10-12-18)22-28-27-21(34-22)14-33-25(32)17-7-5-15(6-8-17)13-29-23(30)19-3-1-2-4-20(19)24(29)31/h1-12H,13-14H2. The minimum Gasteiger partial charge on any atom is -0.452 e. The van der Waals surface area contributed by atoms with Crippen molar-refractivity contribution >= 4 is 29.4 Å². The van der Waals surface area contributed by atoms with Crippen LogP contribution in [0.25, 0.3) is 11.5 Å². The van der Waals surface area contributed by atoms with Crippen molar-refractivity contribution in [2.24, 2.45) is 0 Å². The molecule has 5 rings (SSSR count). The van der Waals surface area contributed by atoms with Gasteiger partial charge in [-0.3, -0.25) is 14.5 Å². The molecule has 0 fully saturated rings. The van der Waals surface area contributed by atoms with E-state index >= 15 is 0 Å². The minimum absolute atomic E-state index is 0.108. The molecule has 34 heavy (non-hydrogen) atoms. The SMILES string of the molecule is O=C(OCc1nnc(-c2ccc(Cl)cc2)o1)c1ccc(CN2C(=O)c3ccccc3C2=O)cc1. The Hall–Kier alpha value is -4.30. The molecule has 0 aliphatic carbocycles. The summed E-state index contributed by atoms with van der Waals surface area (Å²) in [4.78, 5) is 38.6. The van der Waals surface area contributed by atoms with Gasteiger partial charge in [0.25, 0.3) is 17.7 Å². The highest BCUT2D eigenvalue weighted by Gasteiger charge is 2.34. The lowest BCUT2D eigenvalue weighted by Gasteiger charge is -2.14. The molecule has 0 saturated carbocycles. The van der Waals surface area contributed by atoms with Gasteiger partial charge in [0.05, 0.1) is 23.2 Å². The van der Waals surface area contributed by atoms with Gasteiger partial charge in [-0.1, -0.05) is 35.9 Å². The first-order chi connectivity index (χ1) is 16.5. The summed E-state index contributed by atoms with van der Waals surface area (Å²) in [6.07, 6.45) is 0. The van der Waals surface area contributed by atoms with E-state index in [0.29, 0.717) is 38.7 Å². The summed E-state index contributed by atoms with van der Waals surface area (Å²) in [5, 5.41) is 8.42. The number of halogens is 1. The number of aromatic nitrogens is 2. The first kappa shape index (κ1) is 21.5. The van der Waals surface area contributed by atoms with E-state index < -0.39 is 5.97 Å². The topological polar surface area (TPSA) is 103 Å². The average molecular weight is 474 g/mol. The van der Waals surface area contributed by atoms with Crippen molar-refractivity contribution < 1.29 is 23.5 Å². The summed E-state index contributed by atoms with van der Waals surface area (Å²) >= 11 is 5.87. The molecule has 1 aliphatic heterocycles. The number of esters is 1. The number of rotatable bonds is 6. The van der Waals surface area contributed by atoms with Crippen LogP contribution in [0.3, 0.4) is 0 Å². The molecule has 0 spiro atoms. The Labute approximate surface area is 198 Å². The number of carbonyl (C=O) groups excluding carboxylic acids is 3. The van der Waals surface area contributed by atoms with Crippen LogP contribution in [0.4, 0.5) is 0 Å². The summed E-state index contributed by atoms with van der Waals surface area (Å²) in [6, 6.07) is 20.1. The third-order valence-corrected chi connectivity index (χ3v) is 5.55. The van der Waals surface area contributed by atoms with Crippen LogP contribution in [-0.4, -0.2) is 32.9 Å². The van der Waals surface area contributed by atoms with Crippen molar-refractivity contribution in [3.63, 3.8) is 0 Å². The lowest BCUT2D eigenvalue weighted by Crippen LogP contribution is -2.29. The van der Waals surface area contributed by atoms with Crippen molar-refractivity contribution in [1.29, 1.82) is 0 Å². The number of carbonyl (C=O) groups is 3. The molecule has 168 valence electrons. The van der Waals surface area contributed by atoms with Crippen LogP contribution in [-0.2, 0) is 17.9 Å². The third-order valence-electron chi connectivity index (χ3n) is 5.29. The predicted octanol–water partition coefficient (Wildman–Crippen LogP) is 4.54. The van der Waals surface area contributed by atoms with Crippen molar-refractivity contribution in [2.75, 3.05) is 0 Å². The summed E-state index contributed by atoms with van der Waals surface area (Å²) in [6.45, 7) is -0.0760. The molecular formula is C25H16ClN3O5. The molecule has 2 heterocycles. The lowest BCUT2D eigenvalue weighted by molar-refractivity contribution is 0.0438. The molecule has 0 saturated heterocycles. The number of imide groups is 1. The first-order valence-corrected chi connectivity index (χ1v) is 10.7. The van der Waals surface area contributed by atoms with Crippen molar-refractivity contribution in [2.45, 2.75) is 13.2 Å². The highest BCUT2D eigenvalue weighted by atomic mass is 35.5. The smallest absolute Gasteiger partial charge is 0.338 e. The van der Waals surface area contributed by atoms with Gasteiger partial charge in [-0.2, -0.15) is 0 Å². The number of benzene rings is 3. The zero-order valence-electron chi connectivity index (χ0n) is 17.6. The summed E-state index contributed by atoms with van der Waals surface area (Å²) < 4.78 is 10.8. The van der Waals surface area contributed by atoms with Crippen LogP contribution in [0.2, 0.25) is 5.02 Å². The molecular weight excluding hydrogens is 458 g/mol. The second-order valence-corrected chi connectivity index (χ2v) is 7.96. The first-order valence-electron chi connectivity index (χ1n) is 10.3. The van der Waals surface area contributed by atoms with Gasteiger partial charge in [0.15, 0.2) is 6.61 Å². The van der Waals surface area contributed by atoms with Crippen LogP contribution >= 0.6 is 11.6 Å². The van der Waals surface area contributed by atoms with E-state index in [1.165, 1.54) is 4.90 Å². The number of hydrogen-bond donors (Lipinski definition) is 0. The van der Waals surface area contributed by atoms with Gasteiger partial charge in [0.1, 0.15) is 0 Å². The third kappa shape index (κ3) is 4.18. The maximum atomic E-state index is 12.5. The second-order valence-electron chi connectivity index (χ2n) is 7.52. The van der Waals surface area contributed by atoms with E-state index in [2.05, 4.69) is 10.2 Å². The van der Waals surface area contributed by atoms with E-state index in [1.54, 1.807) is 72.8 Å². The zero-order valence-corrected chi connectivity index (χ0v) is 18.4. The molecule has 1 aromatic heterocycles. The summed E-state index contributed by atoms with van der Waals surface area (Å²) in [5.74, 6) is -0.789. The van der Waals surface area contributed by atoms with E-state index in [1.807, 2.05) is 0 Å². The van der Waals surface area contributed by atoms with Crippen molar-refractivity contribution in [3.8, 4) is 11.5 Å². The number of fused-ring (bicyclic) bond motifs is 1. The lowest BCUT2D eigenvalue weighted by atomic mass is 10.1. The fourth-order valence-electron chi connectivity index (χ4n) is 3.54. The number of amides is 2. The molecule has 0 unspecified atom stereocenters. The Kier molecular flexibility index (Phi) is 5.65. The maximum Gasteiger partial charge on any atom is 0.338 e. The molecule has 4 aromatic rings. The molecule has 9 heteroatoms. The molecule has 8 nitrogen and oxygen atoms in total. The quantitative estimate of drug-likeness (QED) is 0.299. The molecule has 1 aliphatic rings. The van der Waals surface area contributed by atoms with Crippen LogP contribution in [0.1, 0.15) is 42.5 Å². The van der Waals surface area contributed by atoms with Crippen molar-refractivity contribution in [3.05, 3.63) is 106 Å². The van der Waals surface area contributed by atoms with Gasteiger partial charge in [-0.15, -0.1) is 10.2 Å². The fourth-order valence-corrected chi connectivity index (χ4v) is 3.67. The Morgan fingerprint density at radius 1 is 0.882 bits per heavy atom. The monoisotopic (exact) mass is 473 g/mol. The normalized spacial score (nSPS) is 12.7. The highest BCUT2D eigenvalue weighted by Crippen LogP contribution is 2.24. The van der Waals surface area contributed by atoms with E-state index in [4.69, 9.17) is 20.8 Å². The Morgan fingerprint density at radius 3 is 2.18 bits per heavy atom. The van der Waals surface area contributed by atoms with Crippen LogP contribution in [0.5, 0.6) is 0 Å². The molecule has 3 aromatic carbocycles. The van der Waals surface area contributed by atoms with Gasteiger partial charge in [0, 0.05) is 10.6 Å². The Bertz CT molecular complexity index is 1360. The van der Waals surface area contributed by atoms with Crippen LogP contribution in [0, 0.1) is 0 Å². The number of ether oxygens (including phenoxy) is 1. The van der Waals surface area contributed by atoms with Gasteiger partial charge in [0.2, 0.25) is 5.89 Å². The fraction of sp³-hybridized carbons (Fsp3) is 0.0800. The number of hydrogen-bond acceptors (Lipinski definition) is 7. The summed E-state index contributed by atoms with van der Waals surface area (Å²) in [5.41, 5.74) is 2.50. The van der Waals surface area contributed by atoms with Gasteiger partial charge in [-0.05, 0) is 54.1 Å². The number of nitrogens with zero attached hydrogens (tertiary/aromatic N) is 3.